The minimum atomic E-state index is 0.150. The van der Waals surface area contributed by atoms with Crippen LogP contribution in [0.3, 0.4) is 0 Å². The van der Waals surface area contributed by atoms with Crippen LogP contribution in [-0.4, -0.2) is 59.2 Å². The zero-order valence-electron chi connectivity index (χ0n) is 11.6. The van der Waals surface area contributed by atoms with Gasteiger partial charge in [-0.1, -0.05) is 11.6 Å². The number of morpholine rings is 1. The predicted octanol–water partition coefficient (Wildman–Crippen LogP) is 2.29. The third-order valence-corrected chi connectivity index (χ3v) is 6.52. The Labute approximate surface area is 137 Å². The molecule has 0 aromatic carbocycles. The SMILES string of the molecule is N#Cc1c(Cl)nsc1NCC1(N2CCOCC2)CCSC1. The Bertz CT molecular complexity index is 533. The van der Waals surface area contributed by atoms with Crippen molar-refractivity contribution < 1.29 is 4.74 Å². The van der Waals surface area contributed by atoms with E-state index in [1.54, 1.807) is 0 Å². The second-order valence-corrected chi connectivity index (χ2v) is 7.51. The Morgan fingerprint density at radius 3 is 2.95 bits per heavy atom. The lowest BCUT2D eigenvalue weighted by Gasteiger charge is -2.43. The molecular weight excluding hydrogens is 328 g/mol. The summed E-state index contributed by atoms with van der Waals surface area (Å²) in [6.45, 7) is 4.41. The quantitative estimate of drug-likeness (QED) is 0.904. The van der Waals surface area contributed by atoms with Gasteiger partial charge < -0.3 is 10.1 Å². The summed E-state index contributed by atoms with van der Waals surface area (Å²) in [5, 5.41) is 13.7. The molecule has 1 atom stereocenters. The number of rotatable bonds is 4. The van der Waals surface area contributed by atoms with Gasteiger partial charge in [0, 0.05) is 30.9 Å². The molecule has 21 heavy (non-hydrogen) atoms. The molecule has 2 fully saturated rings. The molecule has 5 nitrogen and oxygen atoms in total. The Hall–Kier alpha value is -0.520. The highest BCUT2D eigenvalue weighted by molar-refractivity contribution is 7.99. The van der Waals surface area contributed by atoms with Crippen LogP contribution in [-0.2, 0) is 4.74 Å². The van der Waals surface area contributed by atoms with E-state index in [9.17, 15) is 0 Å². The second-order valence-electron chi connectivity index (χ2n) is 5.27. The predicted molar refractivity (Wildman–Crippen MR) is 87.4 cm³/mol. The monoisotopic (exact) mass is 344 g/mol. The summed E-state index contributed by atoms with van der Waals surface area (Å²) in [6.07, 6.45) is 1.17. The van der Waals surface area contributed by atoms with E-state index in [1.165, 1.54) is 23.7 Å². The number of thioether (sulfide) groups is 1. The first-order chi connectivity index (χ1) is 10.2. The van der Waals surface area contributed by atoms with Crippen molar-refractivity contribution in [1.29, 1.82) is 5.26 Å². The fourth-order valence-corrected chi connectivity index (χ4v) is 5.27. The maximum atomic E-state index is 9.15. The number of halogens is 1. The zero-order valence-corrected chi connectivity index (χ0v) is 14.0. The summed E-state index contributed by atoms with van der Waals surface area (Å²) < 4.78 is 9.52. The Morgan fingerprint density at radius 2 is 2.29 bits per heavy atom. The normalized spacial score (nSPS) is 26.7. The summed E-state index contributed by atoms with van der Waals surface area (Å²) in [7, 11) is 0. The number of nitriles is 1. The smallest absolute Gasteiger partial charge is 0.162 e. The first-order valence-corrected chi connectivity index (χ1v) is 9.25. The van der Waals surface area contributed by atoms with E-state index >= 15 is 0 Å². The fourth-order valence-electron chi connectivity index (χ4n) is 2.87. The molecule has 0 bridgehead atoms. The van der Waals surface area contributed by atoms with Gasteiger partial charge >= 0.3 is 0 Å². The summed E-state index contributed by atoms with van der Waals surface area (Å²) in [5.74, 6) is 2.31. The summed E-state index contributed by atoms with van der Waals surface area (Å²) in [6, 6.07) is 2.13. The van der Waals surface area contributed by atoms with Crippen molar-refractivity contribution in [3.05, 3.63) is 10.7 Å². The third kappa shape index (κ3) is 3.15. The number of hydrogen-bond acceptors (Lipinski definition) is 7. The van der Waals surface area contributed by atoms with E-state index in [0.717, 1.165) is 43.6 Å². The van der Waals surface area contributed by atoms with Gasteiger partial charge in [-0.2, -0.15) is 21.4 Å². The minimum Gasteiger partial charge on any atom is -0.379 e. The van der Waals surface area contributed by atoms with Crippen molar-refractivity contribution in [3.63, 3.8) is 0 Å². The topological polar surface area (TPSA) is 61.2 Å². The van der Waals surface area contributed by atoms with Gasteiger partial charge in [-0.3, -0.25) is 4.90 Å². The highest BCUT2D eigenvalue weighted by Crippen LogP contribution is 2.35. The van der Waals surface area contributed by atoms with Gasteiger partial charge in [0.2, 0.25) is 0 Å². The van der Waals surface area contributed by atoms with E-state index < -0.39 is 0 Å². The number of nitrogens with one attached hydrogen (secondary N) is 1. The standard InChI is InChI=1S/C13H17ClN4OS2/c14-11-10(7-15)12(21-17-11)16-8-13(1-6-20-9-13)18-2-4-19-5-3-18/h16H,1-6,8-9H2. The Balaban J connectivity index is 1.72. The van der Waals surface area contributed by atoms with Crippen molar-refractivity contribution >= 4 is 39.9 Å². The van der Waals surface area contributed by atoms with Gasteiger partial charge in [0.05, 0.1) is 13.2 Å². The molecule has 1 aromatic heterocycles. The number of aromatic nitrogens is 1. The molecule has 2 saturated heterocycles. The minimum absolute atomic E-state index is 0.150. The van der Waals surface area contributed by atoms with Crippen molar-refractivity contribution in [2.24, 2.45) is 0 Å². The number of anilines is 1. The van der Waals surface area contributed by atoms with Crippen LogP contribution in [0.5, 0.6) is 0 Å². The molecule has 1 N–H and O–H groups in total. The van der Waals surface area contributed by atoms with Gasteiger partial charge in [-0.15, -0.1) is 0 Å². The Morgan fingerprint density at radius 1 is 1.48 bits per heavy atom. The number of hydrogen-bond donors (Lipinski definition) is 1. The first-order valence-electron chi connectivity index (χ1n) is 6.95. The molecular formula is C13H17ClN4OS2. The summed E-state index contributed by atoms with van der Waals surface area (Å²) in [4.78, 5) is 2.54. The molecule has 3 heterocycles. The maximum absolute atomic E-state index is 9.15. The summed E-state index contributed by atoms with van der Waals surface area (Å²) >= 11 is 9.19. The largest absolute Gasteiger partial charge is 0.379 e. The van der Waals surface area contributed by atoms with Gasteiger partial charge in [0.25, 0.3) is 0 Å². The average molecular weight is 345 g/mol. The van der Waals surface area contributed by atoms with Crippen molar-refractivity contribution in [1.82, 2.24) is 9.27 Å². The van der Waals surface area contributed by atoms with E-state index in [2.05, 4.69) is 20.7 Å². The number of ether oxygens (including phenoxy) is 1. The molecule has 0 saturated carbocycles. The van der Waals surface area contributed by atoms with Crippen LogP contribution in [0.2, 0.25) is 5.15 Å². The lowest BCUT2D eigenvalue weighted by molar-refractivity contribution is -0.00918. The lowest BCUT2D eigenvalue weighted by Crippen LogP contribution is -2.57. The van der Waals surface area contributed by atoms with Gasteiger partial charge in [0.1, 0.15) is 16.6 Å². The van der Waals surface area contributed by atoms with Crippen molar-refractivity contribution in [3.8, 4) is 6.07 Å². The maximum Gasteiger partial charge on any atom is 0.162 e. The van der Waals surface area contributed by atoms with Crippen molar-refractivity contribution in [2.45, 2.75) is 12.0 Å². The van der Waals surface area contributed by atoms with Crippen LogP contribution in [0, 0.1) is 11.3 Å². The molecule has 1 unspecified atom stereocenters. The highest BCUT2D eigenvalue weighted by atomic mass is 35.5. The molecule has 2 aliphatic heterocycles. The van der Waals surface area contributed by atoms with Gasteiger partial charge in [-0.05, 0) is 23.7 Å². The number of nitrogens with zero attached hydrogens (tertiary/aromatic N) is 3. The van der Waals surface area contributed by atoms with E-state index in [4.69, 9.17) is 21.6 Å². The van der Waals surface area contributed by atoms with Crippen LogP contribution < -0.4 is 5.32 Å². The average Bonchev–Trinajstić information content (AvgIpc) is 3.13. The Kier molecular flexibility index (Phi) is 4.92. The summed E-state index contributed by atoms with van der Waals surface area (Å²) in [5.41, 5.74) is 0.613. The van der Waals surface area contributed by atoms with Gasteiger partial charge in [0.15, 0.2) is 5.15 Å². The van der Waals surface area contributed by atoms with Crippen LogP contribution >= 0.6 is 34.9 Å². The molecule has 0 amide bonds. The van der Waals surface area contributed by atoms with Gasteiger partial charge in [-0.25, -0.2) is 0 Å². The van der Waals surface area contributed by atoms with Crippen molar-refractivity contribution in [2.75, 3.05) is 49.7 Å². The third-order valence-electron chi connectivity index (χ3n) is 4.10. The molecule has 1 aromatic rings. The first kappa shape index (κ1) is 15.4. The molecule has 0 aliphatic carbocycles. The van der Waals surface area contributed by atoms with Crippen LogP contribution in [0.25, 0.3) is 0 Å². The molecule has 3 rings (SSSR count). The van der Waals surface area contributed by atoms with Crippen LogP contribution in [0.1, 0.15) is 12.0 Å². The zero-order chi connectivity index (χ0) is 14.7. The highest BCUT2D eigenvalue weighted by Gasteiger charge is 2.40. The van der Waals surface area contributed by atoms with E-state index in [0.29, 0.717) is 10.7 Å². The molecule has 114 valence electrons. The molecule has 0 radical (unpaired) electrons. The van der Waals surface area contributed by atoms with E-state index in [-0.39, 0.29) is 5.54 Å². The molecule has 2 aliphatic rings. The fraction of sp³-hybridized carbons (Fsp3) is 0.692. The second kappa shape index (κ2) is 6.71. The molecule has 8 heteroatoms. The van der Waals surface area contributed by atoms with Crippen LogP contribution in [0.4, 0.5) is 5.00 Å². The molecule has 0 spiro atoms. The van der Waals surface area contributed by atoms with Crippen LogP contribution in [0.15, 0.2) is 0 Å². The lowest BCUT2D eigenvalue weighted by atomic mass is 9.95. The van der Waals surface area contributed by atoms with E-state index in [1.807, 2.05) is 11.8 Å².